The van der Waals surface area contributed by atoms with Crippen LogP contribution in [0.4, 0.5) is 17.1 Å². The highest BCUT2D eigenvalue weighted by atomic mass is 16.3. The largest absolute Gasteiger partial charge is 0.455 e. The lowest BCUT2D eigenvalue weighted by atomic mass is 9.74. The van der Waals surface area contributed by atoms with Crippen LogP contribution in [0.2, 0.25) is 0 Å². The van der Waals surface area contributed by atoms with E-state index in [1.54, 1.807) is 0 Å². The van der Waals surface area contributed by atoms with E-state index >= 15 is 0 Å². The number of nitrogens with zero attached hydrogens (tertiary/aromatic N) is 1. The van der Waals surface area contributed by atoms with Crippen molar-refractivity contribution >= 4 is 39.0 Å². The lowest BCUT2D eigenvalue weighted by Gasteiger charge is -2.28. The normalized spacial score (nSPS) is 12.7. The minimum Gasteiger partial charge on any atom is -0.455 e. The van der Waals surface area contributed by atoms with Gasteiger partial charge >= 0.3 is 0 Å². The van der Waals surface area contributed by atoms with Gasteiger partial charge in [-0.3, -0.25) is 0 Å². The van der Waals surface area contributed by atoms with E-state index in [1.807, 2.05) is 0 Å². The van der Waals surface area contributed by atoms with Gasteiger partial charge in [0.1, 0.15) is 11.2 Å². The first-order valence-electron chi connectivity index (χ1n) is 20.0. The van der Waals surface area contributed by atoms with Crippen LogP contribution in [0.1, 0.15) is 23.6 Å². The van der Waals surface area contributed by atoms with E-state index in [-0.39, 0.29) is 5.41 Å². The fraction of sp³-hybridized carbons (Fsp3) is 0.0357. The number of para-hydroxylation sites is 1. The molecular weight excluding hydrogens is 703 g/mol. The summed E-state index contributed by atoms with van der Waals surface area (Å²) in [5, 5.41) is 2.25. The Morgan fingerprint density at radius 1 is 0.362 bits per heavy atom. The van der Waals surface area contributed by atoms with Crippen LogP contribution in [-0.4, -0.2) is 0 Å². The van der Waals surface area contributed by atoms with Crippen LogP contribution >= 0.6 is 0 Å². The molecule has 0 amide bonds. The fourth-order valence-electron chi connectivity index (χ4n) is 9.23. The number of furan rings is 1. The van der Waals surface area contributed by atoms with Gasteiger partial charge in [0.15, 0.2) is 0 Å². The highest BCUT2D eigenvalue weighted by Crippen LogP contribution is 2.53. The van der Waals surface area contributed by atoms with Crippen LogP contribution in [-0.2, 0) is 5.41 Å². The van der Waals surface area contributed by atoms with Crippen molar-refractivity contribution in [2.45, 2.75) is 12.3 Å². The molecule has 1 aromatic heterocycles. The first-order valence-corrected chi connectivity index (χ1v) is 20.0. The molecule has 0 N–H and O–H groups in total. The highest BCUT2D eigenvalue weighted by molar-refractivity contribution is 6.10. The molecule has 1 aliphatic carbocycles. The maximum atomic E-state index is 6.79. The molecule has 0 saturated heterocycles. The molecule has 10 aromatic rings. The number of hydrogen-bond acceptors (Lipinski definition) is 2. The summed E-state index contributed by atoms with van der Waals surface area (Å²) in [5.41, 5.74) is 18.3. The van der Waals surface area contributed by atoms with Gasteiger partial charge in [-0.15, -0.1) is 0 Å². The molecule has 0 atom stereocenters. The van der Waals surface area contributed by atoms with Gasteiger partial charge in [0.2, 0.25) is 0 Å². The first kappa shape index (κ1) is 33.9. The van der Waals surface area contributed by atoms with E-state index in [4.69, 9.17) is 4.42 Å². The predicted octanol–water partition coefficient (Wildman–Crippen LogP) is 15.4. The molecule has 0 spiro atoms. The Bertz CT molecular complexity index is 2980. The van der Waals surface area contributed by atoms with Gasteiger partial charge in [0.25, 0.3) is 0 Å². The third kappa shape index (κ3) is 5.49. The lowest BCUT2D eigenvalue weighted by molar-refractivity contribution is 0.668. The second kappa shape index (κ2) is 13.7. The topological polar surface area (TPSA) is 16.4 Å². The Balaban J connectivity index is 1.01. The second-order valence-corrected chi connectivity index (χ2v) is 15.4. The fourth-order valence-corrected chi connectivity index (χ4v) is 9.23. The second-order valence-electron chi connectivity index (χ2n) is 15.4. The number of anilines is 3. The third-order valence-corrected chi connectivity index (χ3v) is 12.2. The quantitative estimate of drug-likeness (QED) is 0.162. The number of benzene rings is 9. The van der Waals surface area contributed by atoms with Crippen LogP contribution in [0.25, 0.3) is 66.4 Å². The van der Waals surface area contributed by atoms with E-state index in [9.17, 15) is 0 Å². The molecule has 1 aliphatic rings. The highest BCUT2D eigenvalue weighted by Gasteiger charge is 2.40. The van der Waals surface area contributed by atoms with Crippen molar-refractivity contribution in [3.8, 4) is 44.5 Å². The molecule has 0 radical (unpaired) electrons. The van der Waals surface area contributed by atoms with Gasteiger partial charge in [0.05, 0.1) is 0 Å². The van der Waals surface area contributed by atoms with Crippen LogP contribution < -0.4 is 4.90 Å². The molecule has 0 fully saturated rings. The summed E-state index contributed by atoms with van der Waals surface area (Å²) >= 11 is 0. The molecular formula is C56H39NO. The zero-order valence-corrected chi connectivity index (χ0v) is 32.1. The van der Waals surface area contributed by atoms with Gasteiger partial charge in [-0.1, -0.05) is 170 Å². The summed E-state index contributed by atoms with van der Waals surface area (Å²) in [6, 6.07) is 78.7. The minimum atomic E-state index is -0.279. The average molecular weight is 742 g/mol. The number of hydrogen-bond donors (Lipinski definition) is 0. The summed E-state index contributed by atoms with van der Waals surface area (Å²) < 4.78 is 6.79. The molecule has 0 aliphatic heterocycles. The predicted molar refractivity (Wildman–Crippen MR) is 242 cm³/mol. The Hall–Kier alpha value is -7.42. The minimum absolute atomic E-state index is 0.279. The van der Waals surface area contributed by atoms with Gasteiger partial charge in [-0.05, 0) is 111 Å². The Labute approximate surface area is 338 Å². The first-order chi connectivity index (χ1) is 28.6. The van der Waals surface area contributed by atoms with Crippen molar-refractivity contribution in [3.63, 3.8) is 0 Å². The maximum absolute atomic E-state index is 6.79. The van der Waals surface area contributed by atoms with E-state index in [2.05, 4.69) is 230 Å². The van der Waals surface area contributed by atoms with E-state index in [1.165, 1.54) is 50.1 Å². The van der Waals surface area contributed by atoms with Crippen LogP contribution in [0.15, 0.2) is 223 Å². The zero-order chi connectivity index (χ0) is 38.6. The van der Waals surface area contributed by atoms with Gasteiger partial charge in [-0.2, -0.15) is 0 Å². The van der Waals surface area contributed by atoms with Crippen molar-refractivity contribution in [2.24, 2.45) is 0 Å². The van der Waals surface area contributed by atoms with E-state index < -0.39 is 0 Å². The maximum Gasteiger partial charge on any atom is 0.143 e. The summed E-state index contributed by atoms with van der Waals surface area (Å²) in [7, 11) is 0. The number of rotatable bonds is 7. The van der Waals surface area contributed by atoms with Crippen molar-refractivity contribution < 1.29 is 4.42 Å². The van der Waals surface area contributed by atoms with E-state index in [0.29, 0.717) is 0 Å². The average Bonchev–Trinajstić information content (AvgIpc) is 3.81. The van der Waals surface area contributed by atoms with Crippen LogP contribution in [0, 0.1) is 0 Å². The van der Waals surface area contributed by atoms with Crippen LogP contribution in [0.3, 0.4) is 0 Å². The Kier molecular flexibility index (Phi) is 7.97. The molecule has 0 unspecified atom stereocenters. The van der Waals surface area contributed by atoms with Gasteiger partial charge < -0.3 is 9.32 Å². The standard InChI is InChI=1S/C56H39NO/c1-56(52-24-10-8-20-48(52)49-21-9-11-25-53(49)56)43-30-35-54-51(37-43)50-23-13-22-47(55(50)58-54)42-18-12-19-46(36-42)57(44-31-26-40(27-32-44)38-14-4-2-5-15-38)45-33-28-41(29-34-45)39-16-6-3-7-17-39/h2-37H,1H3. The van der Waals surface area contributed by atoms with Crippen molar-refractivity contribution in [2.75, 3.05) is 4.90 Å². The van der Waals surface area contributed by atoms with Crippen molar-refractivity contribution in [1.29, 1.82) is 0 Å². The molecule has 0 saturated carbocycles. The zero-order valence-electron chi connectivity index (χ0n) is 32.1. The molecule has 274 valence electrons. The summed E-state index contributed by atoms with van der Waals surface area (Å²) in [6.07, 6.45) is 0. The monoisotopic (exact) mass is 741 g/mol. The molecule has 2 nitrogen and oxygen atoms in total. The third-order valence-electron chi connectivity index (χ3n) is 12.2. The Morgan fingerprint density at radius 3 is 1.47 bits per heavy atom. The molecule has 1 heterocycles. The van der Waals surface area contributed by atoms with Crippen molar-refractivity contribution in [3.05, 3.63) is 235 Å². The summed E-state index contributed by atoms with van der Waals surface area (Å²) in [6.45, 7) is 2.37. The lowest BCUT2D eigenvalue weighted by Crippen LogP contribution is -2.22. The van der Waals surface area contributed by atoms with Gasteiger partial charge in [-0.25, -0.2) is 0 Å². The number of fused-ring (bicyclic) bond motifs is 6. The van der Waals surface area contributed by atoms with Crippen LogP contribution in [0.5, 0.6) is 0 Å². The molecule has 58 heavy (non-hydrogen) atoms. The Morgan fingerprint density at radius 2 is 0.862 bits per heavy atom. The molecule has 2 heteroatoms. The van der Waals surface area contributed by atoms with Gasteiger partial charge in [0, 0.05) is 38.8 Å². The SMILES string of the molecule is CC1(c2ccc3oc4c(-c5cccc(N(c6ccc(-c7ccccc7)cc6)c6ccc(-c7ccccc7)cc6)c5)cccc4c3c2)c2ccccc2-c2ccccc21. The smallest absolute Gasteiger partial charge is 0.143 e. The molecule has 11 rings (SSSR count). The molecule has 0 bridgehead atoms. The summed E-state index contributed by atoms with van der Waals surface area (Å²) in [5.74, 6) is 0. The summed E-state index contributed by atoms with van der Waals surface area (Å²) in [4.78, 5) is 2.34. The van der Waals surface area contributed by atoms with E-state index in [0.717, 1.165) is 50.1 Å². The van der Waals surface area contributed by atoms with Crippen molar-refractivity contribution in [1.82, 2.24) is 0 Å². The molecule has 9 aromatic carbocycles.